The van der Waals surface area contributed by atoms with Gasteiger partial charge in [0.15, 0.2) is 0 Å². The number of hydrogen-bond donors (Lipinski definition) is 1. The van der Waals surface area contributed by atoms with Gasteiger partial charge >= 0.3 is 0 Å². The molecule has 0 aliphatic heterocycles. The van der Waals surface area contributed by atoms with E-state index in [1.165, 1.54) is 36.7 Å². The molecule has 2 amide bonds. The van der Waals surface area contributed by atoms with Crippen molar-refractivity contribution < 1.29 is 14.0 Å². The van der Waals surface area contributed by atoms with Crippen molar-refractivity contribution in [3.8, 4) is 0 Å². The van der Waals surface area contributed by atoms with E-state index in [-0.39, 0.29) is 16.5 Å². The summed E-state index contributed by atoms with van der Waals surface area (Å²) in [5.74, 6) is -1.17. The zero-order valence-corrected chi connectivity index (χ0v) is 15.5. The van der Waals surface area contributed by atoms with E-state index < -0.39 is 11.7 Å². The van der Waals surface area contributed by atoms with Crippen LogP contribution in [0.15, 0.2) is 36.7 Å². The van der Waals surface area contributed by atoms with Crippen molar-refractivity contribution in [3.05, 3.63) is 58.6 Å². The minimum absolute atomic E-state index is 0.0837. The number of hydrogen-bond acceptors (Lipinski definition) is 3. The largest absolute Gasteiger partial charge is 0.339 e. The van der Waals surface area contributed by atoms with Crippen LogP contribution in [-0.4, -0.2) is 34.8 Å². The van der Waals surface area contributed by atoms with E-state index in [2.05, 4.69) is 10.3 Å². The lowest BCUT2D eigenvalue weighted by molar-refractivity contribution is 0.0755. The van der Waals surface area contributed by atoms with E-state index in [1.54, 1.807) is 4.90 Å². The minimum Gasteiger partial charge on any atom is -0.339 e. The van der Waals surface area contributed by atoms with E-state index in [9.17, 15) is 14.0 Å². The summed E-state index contributed by atoms with van der Waals surface area (Å²) in [4.78, 5) is 30.8. The molecule has 2 aromatic rings. The molecule has 1 heterocycles. The number of aromatic nitrogens is 1. The van der Waals surface area contributed by atoms with Crippen LogP contribution in [0.5, 0.6) is 0 Å². The number of nitrogens with one attached hydrogen (secondary N) is 1. The lowest BCUT2D eigenvalue weighted by Gasteiger charge is -2.21. The molecule has 0 saturated heterocycles. The number of amides is 2. The van der Waals surface area contributed by atoms with E-state index >= 15 is 0 Å². The number of benzene rings is 1. The van der Waals surface area contributed by atoms with Crippen LogP contribution in [-0.2, 0) is 0 Å². The summed E-state index contributed by atoms with van der Waals surface area (Å²) in [5.41, 5.74) is 0.956. The van der Waals surface area contributed by atoms with Crippen LogP contribution >= 0.6 is 11.6 Å². The normalized spacial score (nSPS) is 10.5. The van der Waals surface area contributed by atoms with Crippen LogP contribution in [0.1, 0.15) is 47.4 Å². The quantitative estimate of drug-likeness (QED) is 0.778. The van der Waals surface area contributed by atoms with Gasteiger partial charge in [0.25, 0.3) is 11.8 Å². The summed E-state index contributed by atoms with van der Waals surface area (Å²) in [5, 5.41) is 2.53. The molecule has 5 nitrogen and oxygen atoms in total. The zero-order valence-electron chi connectivity index (χ0n) is 14.8. The minimum atomic E-state index is -0.564. The Morgan fingerprint density at radius 2 is 1.77 bits per heavy atom. The maximum atomic E-state index is 13.2. The van der Waals surface area contributed by atoms with Gasteiger partial charge in [-0.05, 0) is 37.1 Å². The topological polar surface area (TPSA) is 62.3 Å². The van der Waals surface area contributed by atoms with E-state index in [0.29, 0.717) is 24.3 Å². The molecular weight excluding hydrogens is 357 g/mol. The molecule has 0 bridgehead atoms. The Morgan fingerprint density at radius 3 is 2.38 bits per heavy atom. The molecule has 2 rings (SSSR count). The first-order chi connectivity index (χ1) is 12.5. The second kappa shape index (κ2) is 9.29. The van der Waals surface area contributed by atoms with E-state index in [1.807, 2.05) is 13.8 Å². The highest BCUT2D eigenvalue weighted by Crippen LogP contribution is 2.20. The third-order valence-corrected chi connectivity index (χ3v) is 3.99. The van der Waals surface area contributed by atoms with E-state index in [0.717, 1.165) is 12.8 Å². The predicted octanol–water partition coefficient (Wildman–Crippen LogP) is 4.39. The van der Waals surface area contributed by atoms with Gasteiger partial charge in [0, 0.05) is 31.2 Å². The van der Waals surface area contributed by atoms with Gasteiger partial charge in [-0.15, -0.1) is 0 Å². The van der Waals surface area contributed by atoms with Crippen LogP contribution in [0.25, 0.3) is 0 Å². The highest BCUT2D eigenvalue weighted by Gasteiger charge is 2.17. The summed E-state index contributed by atoms with van der Waals surface area (Å²) in [6.45, 7) is 5.31. The molecular formula is C19H21ClFN3O2. The second-order valence-corrected chi connectivity index (χ2v) is 6.24. The van der Waals surface area contributed by atoms with Crippen molar-refractivity contribution in [1.82, 2.24) is 9.88 Å². The van der Waals surface area contributed by atoms with Crippen molar-refractivity contribution >= 4 is 29.1 Å². The van der Waals surface area contributed by atoms with Crippen molar-refractivity contribution in [2.24, 2.45) is 0 Å². The fraction of sp³-hybridized carbons (Fsp3) is 0.316. The fourth-order valence-corrected chi connectivity index (χ4v) is 2.68. The summed E-state index contributed by atoms with van der Waals surface area (Å²) in [6, 6.07) is 5.41. The molecule has 0 saturated carbocycles. The molecule has 0 atom stereocenters. The van der Waals surface area contributed by atoms with Crippen LogP contribution in [0.2, 0.25) is 5.02 Å². The Bertz CT molecular complexity index is 792. The number of rotatable bonds is 7. The predicted molar refractivity (Wildman–Crippen MR) is 100 cm³/mol. The highest BCUT2D eigenvalue weighted by molar-refractivity contribution is 6.31. The Hall–Kier alpha value is -2.47. The Labute approximate surface area is 157 Å². The van der Waals surface area contributed by atoms with Gasteiger partial charge in [-0.1, -0.05) is 25.4 Å². The van der Waals surface area contributed by atoms with Crippen LogP contribution in [0.3, 0.4) is 0 Å². The molecule has 1 aromatic carbocycles. The molecule has 138 valence electrons. The Kier molecular flexibility index (Phi) is 7.09. The zero-order chi connectivity index (χ0) is 19.1. The summed E-state index contributed by atoms with van der Waals surface area (Å²) in [6.07, 6.45) is 4.53. The van der Waals surface area contributed by atoms with Gasteiger partial charge in [0.1, 0.15) is 5.82 Å². The molecule has 0 unspecified atom stereocenters. The molecule has 0 aliphatic carbocycles. The standard InChI is InChI=1S/C19H21ClFN3O2/c1-3-7-24(8-4-2)19(26)14-9-13(11-22-12-14)18(25)23-15-5-6-17(21)16(20)10-15/h5-6,9-12H,3-4,7-8H2,1-2H3,(H,23,25). The molecule has 0 fully saturated rings. The third-order valence-electron chi connectivity index (χ3n) is 3.70. The number of anilines is 1. The maximum absolute atomic E-state index is 13.2. The van der Waals surface area contributed by atoms with Gasteiger partial charge in [-0.25, -0.2) is 4.39 Å². The van der Waals surface area contributed by atoms with Crippen LogP contribution in [0, 0.1) is 5.82 Å². The van der Waals surface area contributed by atoms with Gasteiger partial charge in [-0.3, -0.25) is 14.6 Å². The summed E-state index contributed by atoms with van der Waals surface area (Å²) < 4.78 is 13.2. The third kappa shape index (κ3) is 5.02. The first-order valence-electron chi connectivity index (χ1n) is 8.47. The molecule has 26 heavy (non-hydrogen) atoms. The number of halogens is 2. The second-order valence-electron chi connectivity index (χ2n) is 5.84. The molecule has 0 spiro atoms. The van der Waals surface area contributed by atoms with Gasteiger partial charge < -0.3 is 10.2 Å². The summed E-state index contributed by atoms with van der Waals surface area (Å²) in [7, 11) is 0. The first-order valence-corrected chi connectivity index (χ1v) is 8.84. The monoisotopic (exact) mass is 377 g/mol. The number of pyridine rings is 1. The van der Waals surface area contributed by atoms with Crippen LogP contribution in [0.4, 0.5) is 10.1 Å². The summed E-state index contributed by atoms with van der Waals surface area (Å²) >= 11 is 5.72. The highest BCUT2D eigenvalue weighted by atomic mass is 35.5. The average Bonchev–Trinajstić information content (AvgIpc) is 2.64. The average molecular weight is 378 g/mol. The molecule has 7 heteroatoms. The smallest absolute Gasteiger partial charge is 0.257 e. The Morgan fingerprint density at radius 1 is 1.12 bits per heavy atom. The molecule has 1 N–H and O–H groups in total. The van der Waals surface area contributed by atoms with Gasteiger partial charge in [-0.2, -0.15) is 0 Å². The van der Waals surface area contributed by atoms with E-state index in [4.69, 9.17) is 11.6 Å². The maximum Gasteiger partial charge on any atom is 0.257 e. The number of nitrogens with zero attached hydrogens (tertiary/aromatic N) is 2. The number of carbonyl (C=O) groups is 2. The Balaban J connectivity index is 2.17. The van der Waals surface area contributed by atoms with Gasteiger partial charge in [0.05, 0.1) is 16.1 Å². The molecule has 1 aromatic heterocycles. The number of carbonyl (C=O) groups excluding carboxylic acids is 2. The molecule has 0 aliphatic rings. The SMILES string of the molecule is CCCN(CCC)C(=O)c1cncc(C(=O)Nc2ccc(F)c(Cl)c2)c1. The van der Waals surface area contributed by atoms with Gasteiger partial charge in [0.2, 0.25) is 0 Å². The van der Waals surface area contributed by atoms with Crippen molar-refractivity contribution in [1.29, 1.82) is 0 Å². The van der Waals surface area contributed by atoms with Crippen molar-refractivity contribution in [2.45, 2.75) is 26.7 Å². The first kappa shape index (κ1) is 19.8. The van der Waals surface area contributed by atoms with Crippen LogP contribution < -0.4 is 5.32 Å². The van der Waals surface area contributed by atoms with Crippen molar-refractivity contribution in [3.63, 3.8) is 0 Å². The van der Waals surface area contributed by atoms with Crippen molar-refractivity contribution in [2.75, 3.05) is 18.4 Å². The lowest BCUT2D eigenvalue weighted by atomic mass is 10.1. The fourth-order valence-electron chi connectivity index (χ4n) is 2.50. The lowest BCUT2D eigenvalue weighted by Crippen LogP contribution is -2.32. The molecule has 0 radical (unpaired) electrons.